The van der Waals surface area contributed by atoms with Crippen molar-refractivity contribution in [2.75, 3.05) is 19.6 Å². The fourth-order valence-corrected chi connectivity index (χ4v) is 2.22. The number of nitrogens with zero attached hydrogens (tertiary/aromatic N) is 1. The molecule has 1 saturated heterocycles. The Labute approximate surface area is 91.0 Å². The van der Waals surface area contributed by atoms with Crippen LogP contribution in [0.1, 0.15) is 33.1 Å². The predicted molar refractivity (Wildman–Crippen MR) is 58.4 cm³/mol. The number of alkyl halides is 2. The van der Waals surface area contributed by atoms with Gasteiger partial charge in [0.15, 0.2) is 0 Å². The molecule has 0 aromatic rings. The smallest absolute Gasteiger partial charge is 0.251 e. The maximum Gasteiger partial charge on any atom is 0.251 e. The van der Waals surface area contributed by atoms with Gasteiger partial charge in [0.1, 0.15) is 0 Å². The number of hydrogen-bond acceptors (Lipinski definition) is 2. The van der Waals surface area contributed by atoms with Crippen molar-refractivity contribution >= 4 is 0 Å². The molecular weight excluding hydrogens is 198 g/mol. The lowest BCUT2D eigenvalue weighted by atomic mass is 10.0. The maximum absolute atomic E-state index is 12.4. The van der Waals surface area contributed by atoms with E-state index in [4.69, 9.17) is 0 Å². The fourth-order valence-electron chi connectivity index (χ4n) is 2.22. The molecule has 2 unspecified atom stereocenters. The highest BCUT2D eigenvalue weighted by Gasteiger charge is 2.27. The van der Waals surface area contributed by atoms with E-state index in [1.54, 1.807) is 0 Å². The monoisotopic (exact) mass is 220 g/mol. The molecule has 1 N–H and O–H groups in total. The summed E-state index contributed by atoms with van der Waals surface area (Å²) in [4.78, 5) is 1.96. The molecule has 0 saturated carbocycles. The third-order valence-electron chi connectivity index (χ3n) is 3.10. The molecule has 0 bridgehead atoms. The topological polar surface area (TPSA) is 15.3 Å². The van der Waals surface area contributed by atoms with Gasteiger partial charge in [-0.3, -0.25) is 4.90 Å². The van der Waals surface area contributed by atoms with E-state index in [0.717, 1.165) is 32.4 Å². The summed E-state index contributed by atoms with van der Waals surface area (Å²) in [7, 11) is 0. The van der Waals surface area contributed by atoms with Crippen molar-refractivity contribution in [1.82, 2.24) is 10.2 Å². The zero-order valence-electron chi connectivity index (χ0n) is 9.68. The van der Waals surface area contributed by atoms with Gasteiger partial charge in [0.2, 0.25) is 0 Å². The summed E-state index contributed by atoms with van der Waals surface area (Å²) in [5.41, 5.74) is 0. The third kappa shape index (κ3) is 4.03. The number of nitrogens with one attached hydrogen (secondary N) is 1. The van der Waals surface area contributed by atoms with E-state index in [0.29, 0.717) is 12.1 Å². The van der Waals surface area contributed by atoms with Crippen LogP contribution >= 0.6 is 0 Å². The number of piperazine rings is 1. The van der Waals surface area contributed by atoms with Gasteiger partial charge in [-0.2, -0.15) is 0 Å². The number of halogens is 2. The Balaban J connectivity index is 2.48. The Morgan fingerprint density at radius 1 is 1.40 bits per heavy atom. The first-order valence-electron chi connectivity index (χ1n) is 5.92. The fraction of sp³-hybridized carbons (Fsp3) is 1.00. The molecule has 1 heterocycles. The van der Waals surface area contributed by atoms with E-state index in [1.165, 1.54) is 0 Å². The van der Waals surface area contributed by atoms with E-state index in [9.17, 15) is 8.78 Å². The normalized spacial score (nSPS) is 28.6. The van der Waals surface area contributed by atoms with Crippen molar-refractivity contribution in [3.05, 3.63) is 0 Å². The average molecular weight is 220 g/mol. The standard InChI is InChI=1S/C11H22F2N2/c1-3-5-10-6-14-9(4-2)7-15(10)8-11(12)13/h9-11,14H,3-8H2,1-2H3. The third-order valence-corrected chi connectivity index (χ3v) is 3.10. The highest BCUT2D eigenvalue weighted by molar-refractivity contribution is 4.85. The minimum absolute atomic E-state index is 0.0666. The highest BCUT2D eigenvalue weighted by atomic mass is 19.3. The molecule has 0 amide bonds. The van der Waals surface area contributed by atoms with Crippen molar-refractivity contribution in [3.8, 4) is 0 Å². The van der Waals surface area contributed by atoms with Gasteiger partial charge in [0.25, 0.3) is 6.43 Å². The zero-order valence-corrected chi connectivity index (χ0v) is 9.68. The number of hydrogen-bond donors (Lipinski definition) is 1. The Morgan fingerprint density at radius 3 is 2.67 bits per heavy atom. The SMILES string of the molecule is CCCC1CNC(CC)CN1CC(F)F. The Bertz CT molecular complexity index is 176. The summed E-state index contributed by atoms with van der Waals surface area (Å²) >= 11 is 0. The van der Waals surface area contributed by atoms with Crippen LogP contribution in [0.25, 0.3) is 0 Å². The first-order valence-corrected chi connectivity index (χ1v) is 5.92. The molecule has 0 spiro atoms. The van der Waals surface area contributed by atoms with Crippen LogP contribution in [0.15, 0.2) is 0 Å². The van der Waals surface area contributed by atoms with Crippen LogP contribution in [0.3, 0.4) is 0 Å². The Morgan fingerprint density at radius 2 is 2.13 bits per heavy atom. The lowest BCUT2D eigenvalue weighted by Crippen LogP contribution is -2.57. The number of rotatable bonds is 5. The van der Waals surface area contributed by atoms with E-state index in [-0.39, 0.29) is 6.54 Å². The van der Waals surface area contributed by atoms with Crippen molar-refractivity contribution in [3.63, 3.8) is 0 Å². The van der Waals surface area contributed by atoms with E-state index in [1.807, 2.05) is 4.90 Å². The minimum atomic E-state index is -2.21. The quantitative estimate of drug-likeness (QED) is 0.763. The van der Waals surface area contributed by atoms with Gasteiger partial charge in [0.05, 0.1) is 6.54 Å². The molecule has 4 heteroatoms. The largest absolute Gasteiger partial charge is 0.311 e. The summed E-state index contributed by atoms with van der Waals surface area (Å²) in [6, 6.07) is 0.684. The summed E-state index contributed by atoms with van der Waals surface area (Å²) in [5, 5.41) is 3.42. The molecule has 0 aromatic carbocycles. The molecule has 0 radical (unpaired) electrons. The van der Waals surface area contributed by atoms with Gasteiger partial charge in [-0.05, 0) is 12.8 Å². The van der Waals surface area contributed by atoms with Crippen LogP contribution in [0.4, 0.5) is 8.78 Å². The molecular formula is C11H22F2N2. The second-order valence-corrected chi connectivity index (χ2v) is 4.30. The molecule has 1 aliphatic rings. The summed E-state index contributed by atoms with van der Waals surface area (Å²) in [5.74, 6) is 0. The first-order chi connectivity index (χ1) is 7.17. The van der Waals surface area contributed by atoms with Crippen molar-refractivity contribution in [2.24, 2.45) is 0 Å². The van der Waals surface area contributed by atoms with E-state index < -0.39 is 6.43 Å². The van der Waals surface area contributed by atoms with Crippen LogP contribution in [0.2, 0.25) is 0 Å². The lowest BCUT2D eigenvalue weighted by Gasteiger charge is -2.40. The molecule has 1 fully saturated rings. The van der Waals surface area contributed by atoms with Crippen molar-refractivity contribution in [2.45, 2.75) is 51.6 Å². The molecule has 0 aliphatic carbocycles. The molecule has 1 rings (SSSR count). The second-order valence-electron chi connectivity index (χ2n) is 4.30. The van der Waals surface area contributed by atoms with E-state index in [2.05, 4.69) is 19.2 Å². The highest BCUT2D eigenvalue weighted by Crippen LogP contribution is 2.15. The predicted octanol–water partition coefficient (Wildman–Crippen LogP) is 2.10. The molecule has 90 valence electrons. The maximum atomic E-state index is 12.4. The van der Waals surface area contributed by atoms with Crippen LogP contribution in [-0.2, 0) is 0 Å². The van der Waals surface area contributed by atoms with Gasteiger partial charge in [-0.25, -0.2) is 8.78 Å². The molecule has 0 aromatic heterocycles. The van der Waals surface area contributed by atoms with Crippen LogP contribution in [0, 0.1) is 0 Å². The Hall–Kier alpha value is -0.220. The Kier molecular flexibility index (Phi) is 5.47. The summed E-state index contributed by atoms with van der Waals surface area (Å²) in [6.45, 7) is 5.76. The molecule has 1 aliphatic heterocycles. The van der Waals surface area contributed by atoms with Gasteiger partial charge < -0.3 is 5.32 Å². The zero-order chi connectivity index (χ0) is 11.3. The second kappa shape index (κ2) is 6.38. The summed E-state index contributed by atoms with van der Waals surface area (Å²) in [6.07, 6.45) is 0.873. The lowest BCUT2D eigenvalue weighted by molar-refractivity contribution is 0.0397. The van der Waals surface area contributed by atoms with Crippen LogP contribution < -0.4 is 5.32 Å². The molecule has 2 nitrogen and oxygen atoms in total. The van der Waals surface area contributed by atoms with Gasteiger partial charge in [-0.1, -0.05) is 20.3 Å². The molecule has 2 atom stereocenters. The first kappa shape index (κ1) is 12.8. The van der Waals surface area contributed by atoms with Crippen molar-refractivity contribution < 1.29 is 8.78 Å². The van der Waals surface area contributed by atoms with Crippen molar-refractivity contribution in [1.29, 1.82) is 0 Å². The summed E-state index contributed by atoms with van der Waals surface area (Å²) < 4.78 is 24.8. The van der Waals surface area contributed by atoms with Gasteiger partial charge >= 0.3 is 0 Å². The molecule has 15 heavy (non-hydrogen) atoms. The average Bonchev–Trinajstić information content (AvgIpc) is 2.20. The van der Waals surface area contributed by atoms with Gasteiger partial charge in [0, 0.05) is 25.2 Å². The van der Waals surface area contributed by atoms with Gasteiger partial charge in [-0.15, -0.1) is 0 Å². The van der Waals surface area contributed by atoms with Crippen LogP contribution in [0.5, 0.6) is 0 Å². The van der Waals surface area contributed by atoms with E-state index >= 15 is 0 Å². The van der Waals surface area contributed by atoms with Crippen LogP contribution in [-0.4, -0.2) is 43.0 Å². The minimum Gasteiger partial charge on any atom is -0.311 e.